The van der Waals surface area contributed by atoms with Crippen LogP contribution < -0.4 is 4.74 Å². The minimum absolute atomic E-state index is 0.172. The van der Waals surface area contributed by atoms with E-state index in [9.17, 15) is 0 Å². The molecule has 0 amide bonds. The second-order valence-corrected chi connectivity index (χ2v) is 4.65. The third kappa shape index (κ3) is 2.18. The van der Waals surface area contributed by atoms with Gasteiger partial charge in [0.1, 0.15) is 12.4 Å². The molecule has 0 aliphatic carbocycles. The van der Waals surface area contributed by atoms with E-state index in [1.165, 1.54) is 0 Å². The van der Waals surface area contributed by atoms with Gasteiger partial charge in [0.25, 0.3) is 0 Å². The Morgan fingerprint density at radius 3 is 2.76 bits per heavy atom. The number of nitrogens with zero attached hydrogens (tertiary/aromatic N) is 1. The van der Waals surface area contributed by atoms with Crippen molar-refractivity contribution in [3.8, 4) is 5.75 Å². The molecule has 17 heavy (non-hydrogen) atoms. The molecule has 0 N–H and O–H groups in total. The van der Waals surface area contributed by atoms with Crippen molar-refractivity contribution in [1.29, 1.82) is 0 Å². The number of benzene rings is 1. The highest BCUT2D eigenvalue weighted by Crippen LogP contribution is 2.29. The highest BCUT2D eigenvalue weighted by molar-refractivity contribution is 6.01. The summed E-state index contributed by atoms with van der Waals surface area (Å²) in [6, 6.07) is 5.81. The van der Waals surface area contributed by atoms with E-state index in [0.29, 0.717) is 12.5 Å². The van der Waals surface area contributed by atoms with Crippen molar-refractivity contribution in [2.75, 3.05) is 13.7 Å². The summed E-state index contributed by atoms with van der Waals surface area (Å²) in [4.78, 5) is 4.57. The van der Waals surface area contributed by atoms with E-state index in [1.54, 1.807) is 13.2 Å². The van der Waals surface area contributed by atoms with Gasteiger partial charge in [-0.05, 0) is 25.5 Å². The first kappa shape index (κ1) is 11.7. The van der Waals surface area contributed by atoms with Gasteiger partial charge in [-0.3, -0.25) is 0 Å². The van der Waals surface area contributed by atoms with Crippen molar-refractivity contribution in [1.82, 2.24) is 0 Å². The number of ether oxygens (including phenoxy) is 2. The van der Waals surface area contributed by atoms with Crippen molar-refractivity contribution in [3.05, 3.63) is 35.9 Å². The quantitative estimate of drug-likeness (QED) is 0.800. The molecular formula is C14H17NO2. The van der Waals surface area contributed by atoms with Crippen molar-refractivity contribution in [2.45, 2.75) is 19.4 Å². The Hall–Kier alpha value is -1.77. The lowest BCUT2D eigenvalue weighted by atomic mass is 10.1. The van der Waals surface area contributed by atoms with Gasteiger partial charge in [-0.25, -0.2) is 4.99 Å². The first-order valence-electron chi connectivity index (χ1n) is 5.60. The fraction of sp³-hybridized carbons (Fsp3) is 0.357. The Morgan fingerprint density at radius 1 is 1.47 bits per heavy atom. The molecule has 0 bridgehead atoms. The van der Waals surface area contributed by atoms with Crippen molar-refractivity contribution < 1.29 is 9.47 Å². The second kappa shape index (κ2) is 4.24. The molecule has 1 heterocycles. The molecule has 1 aliphatic heterocycles. The normalized spacial score (nSPS) is 17.2. The highest BCUT2D eigenvalue weighted by atomic mass is 16.5. The molecule has 0 saturated carbocycles. The predicted molar refractivity (Wildman–Crippen MR) is 69.7 cm³/mol. The van der Waals surface area contributed by atoms with Gasteiger partial charge in [-0.2, -0.15) is 0 Å². The lowest BCUT2D eigenvalue weighted by Crippen LogP contribution is -2.17. The summed E-state index contributed by atoms with van der Waals surface area (Å²) in [5.74, 6) is 1.40. The third-order valence-corrected chi connectivity index (χ3v) is 2.68. The predicted octanol–water partition coefficient (Wildman–Crippen LogP) is 2.89. The minimum Gasteiger partial charge on any atom is -0.496 e. The monoisotopic (exact) mass is 231 g/mol. The molecular weight excluding hydrogens is 214 g/mol. The zero-order valence-corrected chi connectivity index (χ0v) is 10.5. The van der Waals surface area contributed by atoms with Gasteiger partial charge in [-0.15, -0.1) is 0 Å². The van der Waals surface area contributed by atoms with Crippen LogP contribution in [0.15, 0.2) is 29.8 Å². The molecule has 0 unspecified atom stereocenters. The number of hydrogen-bond donors (Lipinski definition) is 0. The summed E-state index contributed by atoms with van der Waals surface area (Å²) in [7, 11) is 1.65. The molecule has 1 aromatic rings. The molecule has 0 aromatic heterocycles. The standard InChI is InChI=1S/C14H17NO2/c1-5-10-7-6-8-11(16-4)12(10)13-15-14(2,3)9-17-13/h5-8H,1,9H2,2-4H3. The van der Waals surface area contributed by atoms with Crippen molar-refractivity contribution in [2.24, 2.45) is 4.99 Å². The first-order valence-corrected chi connectivity index (χ1v) is 5.60. The summed E-state index contributed by atoms with van der Waals surface area (Å²) >= 11 is 0. The van der Waals surface area contributed by atoms with E-state index in [2.05, 4.69) is 11.6 Å². The second-order valence-electron chi connectivity index (χ2n) is 4.65. The van der Waals surface area contributed by atoms with E-state index >= 15 is 0 Å². The van der Waals surface area contributed by atoms with Gasteiger partial charge < -0.3 is 9.47 Å². The van der Waals surface area contributed by atoms with E-state index in [1.807, 2.05) is 32.0 Å². The van der Waals surface area contributed by atoms with Crippen LogP contribution in [0.4, 0.5) is 0 Å². The maximum Gasteiger partial charge on any atom is 0.221 e. The van der Waals surface area contributed by atoms with Crippen LogP contribution in [0.2, 0.25) is 0 Å². The van der Waals surface area contributed by atoms with Crippen LogP contribution in [0.1, 0.15) is 25.0 Å². The molecule has 3 nitrogen and oxygen atoms in total. The van der Waals surface area contributed by atoms with Crippen molar-refractivity contribution >= 4 is 12.0 Å². The van der Waals surface area contributed by atoms with Crippen LogP contribution in [0.3, 0.4) is 0 Å². The number of hydrogen-bond acceptors (Lipinski definition) is 3. The molecule has 0 fully saturated rings. The molecule has 0 spiro atoms. The lowest BCUT2D eigenvalue weighted by Gasteiger charge is -2.10. The number of methoxy groups -OCH3 is 1. The summed E-state index contributed by atoms with van der Waals surface area (Å²) in [5.41, 5.74) is 1.69. The number of rotatable bonds is 3. The largest absolute Gasteiger partial charge is 0.496 e. The maximum atomic E-state index is 5.66. The first-order chi connectivity index (χ1) is 8.07. The maximum absolute atomic E-state index is 5.66. The lowest BCUT2D eigenvalue weighted by molar-refractivity contribution is 0.278. The molecule has 1 aliphatic rings. The molecule has 0 radical (unpaired) electrons. The average molecular weight is 231 g/mol. The topological polar surface area (TPSA) is 30.8 Å². The van der Waals surface area contributed by atoms with E-state index in [-0.39, 0.29) is 5.54 Å². The van der Waals surface area contributed by atoms with Gasteiger partial charge in [0.2, 0.25) is 5.90 Å². The van der Waals surface area contributed by atoms with Gasteiger partial charge in [0, 0.05) is 0 Å². The van der Waals surface area contributed by atoms with Crippen molar-refractivity contribution in [3.63, 3.8) is 0 Å². The molecule has 90 valence electrons. The Morgan fingerprint density at radius 2 is 2.24 bits per heavy atom. The fourth-order valence-corrected chi connectivity index (χ4v) is 1.83. The van der Waals surface area contributed by atoms with Crippen LogP contribution in [0.5, 0.6) is 5.75 Å². The van der Waals surface area contributed by atoms with Crippen LogP contribution in [0.25, 0.3) is 6.08 Å². The smallest absolute Gasteiger partial charge is 0.221 e. The molecule has 2 rings (SSSR count). The van der Waals surface area contributed by atoms with E-state index in [4.69, 9.17) is 9.47 Å². The van der Waals surface area contributed by atoms with Crippen LogP contribution >= 0.6 is 0 Å². The SMILES string of the molecule is C=Cc1cccc(OC)c1C1=NC(C)(C)CO1. The van der Waals surface area contributed by atoms with E-state index < -0.39 is 0 Å². The highest BCUT2D eigenvalue weighted by Gasteiger charge is 2.29. The van der Waals surface area contributed by atoms with Gasteiger partial charge in [-0.1, -0.05) is 24.8 Å². The Kier molecular flexibility index (Phi) is 2.92. The minimum atomic E-state index is -0.172. The summed E-state index contributed by atoms with van der Waals surface area (Å²) in [6.07, 6.45) is 1.79. The molecule has 0 atom stereocenters. The Bertz CT molecular complexity index is 475. The summed E-state index contributed by atoms with van der Waals surface area (Å²) in [6.45, 7) is 8.49. The van der Waals surface area contributed by atoms with Gasteiger partial charge in [0.05, 0.1) is 18.2 Å². The Balaban J connectivity index is 2.54. The van der Waals surface area contributed by atoms with Gasteiger partial charge >= 0.3 is 0 Å². The average Bonchev–Trinajstić information content (AvgIpc) is 2.68. The van der Waals surface area contributed by atoms with Crippen LogP contribution in [0, 0.1) is 0 Å². The summed E-state index contributed by atoms with van der Waals surface area (Å²) < 4.78 is 11.0. The Labute approximate surface area is 102 Å². The van der Waals surface area contributed by atoms with Gasteiger partial charge in [0.15, 0.2) is 0 Å². The molecule has 0 saturated heterocycles. The van der Waals surface area contributed by atoms with Crippen LogP contribution in [-0.2, 0) is 4.74 Å². The zero-order valence-electron chi connectivity index (χ0n) is 10.5. The molecule has 1 aromatic carbocycles. The van der Waals surface area contributed by atoms with Crippen LogP contribution in [-0.4, -0.2) is 25.2 Å². The zero-order chi connectivity index (χ0) is 12.5. The fourth-order valence-electron chi connectivity index (χ4n) is 1.83. The van der Waals surface area contributed by atoms with E-state index in [0.717, 1.165) is 16.9 Å². The number of aliphatic imine (C=N–C) groups is 1. The third-order valence-electron chi connectivity index (χ3n) is 2.68. The summed E-state index contributed by atoms with van der Waals surface area (Å²) in [5, 5.41) is 0. The molecule has 3 heteroatoms.